The van der Waals surface area contributed by atoms with Crippen LogP contribution in [0, 0.1) is 0 Å². The molecule has 2 amide bonds. The Labute approximate surface area is 127 Å². The molecule has 2 unspecified atom stereocenters. The maximum Gasteiger partial charge on any atom is 0.335 e. The summed E-state index contributed by atoms with van der Waals surface area (Å²) in [7, 11) is 0. The molecule has 21 heavy (non-hydrogen) atoms. The van der Waals surface area contributed by atoms with Crippen molar-refractivity contribution < 1.29 is 19.4 Å². The lowest BCUT2D eigenvalue weighted by Crippen LogP contribution is -2.43. The van der Waals surface area contributed by atoms with Gasteiger partial charge in [-0.3, -0.25) is 0 Å². The zero-order chi connectivity index (χ0) is 15.4. The molecular weight excluding hydrogens is 296 g/mol. The lowest BCUT2D eigenvalue weighted by Gasteiger charge is -2.28. The molecular formula is C14H17ClN2O4. The number of urea groups is 1. The number of carbonyl (C=O) groups excluding carboxylic acids is 1. The molecule has 1 saturated heterocycles. The molecule has 0 radical (unpaired) electrons. The van der Waals surface area contributed by atoms with Crippen LogP contribution in [0.5, 0.6) is 0 Å². The number of ether oxygens (including phenoxy) is 1. The number of hydrogen-bond acceptors (Lipinski definition) is 3. The van der Waals surface area contributed by atoms with E-state index < -0.39 is 5.97 Å². The lowest BCUT2D eigenvalue weighted by molar-refractivity contribution is 0.0157. The summed E-state index contributed by atoms with van der Waals surface area (Å²) in [4.78, 5) is 22.7. The highest BCUT2D eigenvalue weighted by Gasteiger charge is 2.21. The Kier molecular flexibility index (Phi) is 5.03. The summed E-state index contributed by atoms with van der Waals surface area (Å²) in [6.07, 6.45) is 1.66. The van der Waals surface area contributed by atoms with Crippen molar-refractivity contribution in [3.63, 3.8) is 0 Å². The second-order valence-electron chi connectivity index (χ2n) is 5.00. The van der Waals surface area contributed by atoms with E-state index in [0.717, 1.165) is 12.8 Å². The second kappa shape index (κ2) is 6.78. The van der Waals surface area contributed by atoms with Gasteiger partial charge in [0.1, 0.15) is 0 Å². The Bertz CT molecular complexity index is 550. The van der Waals surface area contributed by atoms with Gasteiger partial charge in [0.15, 0.2) is 0 Å². The van der Waals surface area contributed by atoms with Gasteiger partial charge in [0, 0.05) is 12.6 Å². The standard InChI is InChI=1S/C14H17ClN2O4/c1-8-6-10(4-5-21-8)16-14(20)17-12-3-2-9(13(18)19)7-11(12)15/h2-3,7-8,10H,4-6H2,1H3,(H,18,19)(H2,16,17,20). The highest BCUT2D eigenvalue weighted by atomic mass is 35.5. The number of aromatic carboxylic acids is 1. The van der Waals surface area contributed by atoms with Gasteiger partial charge in [-0.25, -0.2) is 9.59 Å². The average molecular weight is 313 g/mol. The van der Waals surface area contributed by atoms with E-state index >= 15 is 0 Å². The number of anilines is 1. The van der Waals surface area contributed by atoms with Crippen LogP contribution in [0.3, 0.4) is 0 Å². The van der Waals surface area contributed by atoms with Crippen LogP contribution in [0.1, 0.15) is 30.1 Å². The van der Waals surface area contributed by atoms with Gasteiger partial charge in [-0.1, -0.05) is 11.6 Å². The maximum absolute atomic E-state index is 11.9. The first-order valence-electron chi connectivity index (χ1n) is 6.67. The number of carboxylic acid groups (broad SMARTS) is 1. The summed E-state index contributed by atoms with van der Waals surface area (Å²) < 4.78 is 5.41. The lowest BCUT2D eigenvalue weighted by atomic mass is 10.0. The zero-order valence-electron chi connectivity index (χ0n) is 11.6. The molecule has 0 aromatic heterocycles. The second-order valence-corrected chi connectivity index (χ2v) is 5.41. The molecule has 1 fully saturated rings. The van der Waals surface area contributed by atoms with Crippen LogP contribution in [0.4, 0.5) is 10.5 Å². The molecule has 3 N–H and O–H groups in total. The van der Waals surface area contributed by atoms with E-state index in [1.807, 2.05) is 6.92 Å². The molecule has 0 spiro atoms. The van der Waals surface area contributed by atoms with Crippen LogP contribution >= 0.6 is 11.6 Å². The molecule has 0 bridgehead atoms. The highest BCUT2D eigenvalue weighted by Crippen LogP contribution is 2.23. The fourth-order valence-corrected chi connectivity index (χ4v) is 2.45. The summed E-state index contributed by atoms with van der Waals surface area (Å²) in [5.41, 5.74) is 0.448. The molecule has 1 aromatic carbocycles. The summed E-state index contributed by atoms with van der Waals surface area (Å²) in [6.45, 7) is 2.59. The maximum atomic E-state index is 11.9. The monoisotopic (exact) mass is 312 g/mol. The Morgan fingerprint density at radius 1 is 1.43 bits per heavy atom. The van der Waals surface area contributed by atoms with Crippen molar-refractivity contribution in [2.24, 2.45) is 0 Å². The number of amides is 2. The van der Waals surface area contributed by atoms with Gasteiger partial charge in [0.2, 0.25) is 0 Å². The third-order valence-electron chi connectivity index (χ3n) is 3.28. The van der Waals surface area contributed by atoms with E-state index in [4.69, 9.17) is 21.4 Å². The minimum atomic E-state index is -1.07. The zero-order valence-corrected chi connectivity index (χ0v) is 12.3. The molecule has 2 atom stereocenters. The van der Waals surface area contributed by atoms with E-state index in [9.17, 15) is 9.59 Å². The summed E-state index contributed by atoms with van der Waals surface area (Å²) in [5.74, 6) is -1.07. The highest BCUT2D eigenvalue weighted by molar-refractivity contribution is 6.34. The number of benzene rings is 1. The van der Waals surface area contributed by atoms with Crippen LogP contribution < -0.4 is 10.6 Å². The molecule has 6 nitrogen and oxygen atoms in total. The number of halogens is 1. The molecule has 1 heterocycles. The van der Waals surface area contributed by atoms with Crippen molar-refractivity contribution in [3.8, 4) is 0 Å². The van der Waals surface area contributed by atoms with Gasteiger partial charge in [-0.2, -0.15) is 0 Å². The van der Waals surface area contributed by atoms with E-state index in [0.29, 0.717) is 12.3 Å². The summed E-state index contributed by atoms with van der Waals surface area (Å²) in [5, 5.41) is 14.5. The fraction of sp³-hybridized carbons (Fsp3) is 0.429. The third-order valence-corrected chi connectivity index (χ3v) is 3.60. The molecule has 0 aliphatic carbocycles. The largest absolute Gasteiger partial charge is 0.478 e. The number of carbonyl (C=O) groups is 2. The molecule has 114 valence electrons. The quantitative estimate of drug-likeness (QED) is 0.800. The molecule has 7 heteroatoms. The molecule has 1 aliphatic heterocycles. The summed E-state index contributed by atoms with van der Waals surface area (Å²) in [6, 6.07) is 3.86. The van der Waals surface area contributed by atoms with Gasteiger partial charge in [-0.15, -0.1) is 0 Å². The first-order valence-corrected chi connectivity index (χ1v) is 7.05. The minimum Gasteiger partial charge on any atom is -0.478 e. The van der Waals surface area contributed by atoms with Crippen LogP contribution in [0.15, 0.2) is 18.2 Å². The number of carboxylic acids is 1. The Morgan fingerprint density at radius 2 is 2.19 bits per heavy atom. The van der Waals surface area contributed by atoms with E-state index in [-0.39, 0.29) is 28.8 Å². The molecule has 0 saturated carbocycles. The van der Waals surface area contributed by atoms with Crippen LogP contribution in [0.2, 0.25) is 5.02 Å². The predicted octanol–water partition coefficient (Wildman–Crippen LogP) is 2.73. The normalized spacial score (nSPS) is 21.6. The Morgan fingerprint density at radius 3 is 2.81 bits per heavy atom. The van der Waals surface area contributed by atoms with E-state index in [2.05, 4.69) is 10.6 Å². The first-order chi connectivity index (χ1) is 9.95. The van der Waals surface area contributed by atoms with E-state index in [1.165, 1.54) is 18.2 Å². The van der Waals surface area contributed by atoms with Crippen molar-refractivity contribution >= 4 is 29.3 Å². The van der Waals surface area contributed by atoms with Gasteiger partial charge in [-0.05, 0) is 38.0 Å². The topological polar surface area (TPSA) is 87.7 Å². The van der Waals surface area contributed by atoms with Crippen molar-refractivity contribution in [2.75, 3.05) is 11.9 Å². The van der Waals surface area contributed by atoms with Gasteiger partial charge in [0.25, 0.3) is 0 Å². The van der Waals surface area contributed by atoms with Crippen molar-refractivity contribution in [1.29, 1.82) is 0 Å². The molecule has 1 aliphatic rings. The van der Waals surface area contributed by atoms with Gasteiger partial charge < -0.3 is 20.5 Å². The fourth-order valence-electron chi connectivity index (χ4n) is 2.22. The Hall–Kier alpha value is -1.79. The predicted molar refractivity (Wildman–Crippen MR) is 79.0 cm³/mol. The smallest absolute Gasteiger partial charge is 0.335 e. The SMILES string of the molecule is CC1CC(NC(=O)Nc2ccc(C(=O)O)cc2Cl)CCO1. The third kappa shape index (κ3) is 4.34. The number of rotatable bonds is 3. The van der Waals surface area contributed by atoms with Crippen molar-refractivity contribution in [3.05, 3.63) is 28.8 Å². The van der Waals surface area contributed by atoms with Crippen LogP contribution in [-0.4, -0.2) is 35.9 Å². The average Bonchev–Trinajstić information content (AvgIpc) is 2.40. The van der Waals surface area contributed by atoms with Crippen LogP contribution in [0.25, 0.3) is 0 Å². The van der Waals surface area contributed by atoms with Gasteiger partial charge >= 0.3 is 12.0 Å². The van der Waals surface area contributed by atoms with Crippen molar-refractivity contribution in [1.82, 2.24) is 5.32 Å². The molecule has 1 aromatic rings. The molecule has 2 rings (SSSR count). The van der Waals surface area contributed by atoms with E-state index in [1.54, 1.807) is 0 Å². The van der Waals surface area contributed by atoms with Crippen molar-refractivity contribution in [2.45, 2.75) is 31.9 Å². The van der Waals surface area contributed by atoms with Crippen LogP contribution in [-0.2, 0) is 4.74 Å². The Balaban J connectivity index is 1.94. The first kappa shape index (κ1) is 15.6. The van der Waals surface area contributed by atoms with Gasteiger partial charge in [0.05, 0.1) is 22.4 Å². The summed E-state index contributed by atoms with van der Waals surface area (Å²) >= 11 is 5.96. The minimum absolute atomic E-state index is 0.0609. The number of nitrogens with one attached hydrogen (secondary N) is 2. The number of hydrogen-bond donors (Lipinski definition) is 3.